The second-order valence-electron chi connectivity index (χ2n) is 7.22. The number of nitrogens with one attached hydrogen (secondary N) is 1. The van der Waals surface area contributed by atoms with Gasteiger partial charge in [0, 0.05) is 12.7 Å². The number of hydrogen-bond donors (Lipinski definition) is 3. The lowest BCUT2D eigenvalue weighted by Gasteiger charge is -2.19. The summed E-state index contributed by atoms with van der Waals surface area (Å²) in [4.78, 5) is 26.2. The number of nitriles is 1. The van der Waals surface area contributed by atoms with Gasteiger partial charge in [-0.05, 0) is 32.9 Å². The van der Waals surface area contributed by atoms with Gasteiger partial charge in [0.25, 0.3) is 5.91 Å². The Balaban J connectivity index is 2.42. The quantitative estimate of drug-likeness (QED) is 0.516. The number of methoxy groups -OCH3 is 1. The van der Waals surface area contributed by atoms with Crippen molar-refractivity contribution in [1.82, 2.24) is 15.4 Å². The highest BCUT2D eigenvalue weighted by atomic mass is 16.7. The third-order valence-corrected chi connectivity index (χ3v) is 3.69. The number of rotatable bonds is 9. The normalized spacial score (nSPS) is 12.1. The summed E-state index contributed by atoms with van der Waals surface area (Å²) in [6.07, 6.45) is -0.438. The topological polar surface area (TPSA) is 153 Å². The van der Waals surface area contributed by atoms with Gasteiger partial charge in [0.1, 0.15) is 24.1 Å². The summed E-state index contributed by atoms with van der Waals surface area (Å²) in [6.45, 7) is 4.90. The molecule has 1 amide bonds. The molecular formula is C20H25N5O5. The Kier molecular flexibility index (Phi) is 7.66. The Morgan fingerprint density at radius 3 is 2.77 bits per heavy atom. The molecule has 0 radical (unpaired) electrons. The van der Waals surface area contributed by atoms with Crippen LogP contribution in [0.1, 0.15) is 36.7 Å². The van der Waals surface area contributed by atoms with E-state index in [1.165, 1.54) is 21.0 Å². The van der Waals surface area contributed by atoms with Gasteiger partial charge in [-0.3, -0.25) is 9.63 Å². The van der Waals surface area contributed by atoms with E-state index in [4.69, 9.17) is 25.3 Å². The fraction of sp³-hybridized carbons (Fsp3) is 0.400. The van der Waals surface area contributed by atoms with Crippen molar-refractivity contribution in [1.29, 1.82) is 5.26 Å². The molecule has 4 N–H and O–H groups in total. The van der Waals surface area contributed by atoms with Crippen molar-refractivity contribution in [2.75, 3.05) is 26.1 Å². The standard InChI is InChI=1S/C20H25N5O5/c1-12(10-28-4)30-19-15(18(26)25-29-11-20(2,3)27)16(22)23-17(24-19)14-7-5-6-13(8-14)9-21/h5-8,12,27H,10-11H2,1-4H3,(H,25,26)(H2,22,23,24)/t12-/m0/s1. The zero-order chi connectivity index (χ0) is 22.3. The highest BCUT2D eigenvalue weighted by Crippen LogP contribution is 2.27. The summed E-state index contributed by atoms with van der Waals surface area (Å²) in [5, 5.41) is 18.8. The van der Waals surface area contributed by atoms with Gasteiger partial charge >= 0.3 is 0 Å². The molecule has 0 aliphatic carbocycles. The predicted molar refractivity (Wildman–Crippen MR) is 108 cm³/mol. The van der Waals surface area contributed by atoms with Gasteiger partial charge in [-0.15, -0.1) is 0 Å². The second kappa shape index (κ2) is 9.98. The van der Waals surface area contributed by atoms with Gasteiger partial charge in [0.15, 0.2) is 5.82 Å². The molecule has 1 aromatic carbocycles. The van der Waals surface area contributed by atoms with Crippen LogP contribution in [0, 0.1) is 11.3 Å². The van der Waals surface area contributed by atoms with Crippen LogP contribution >= 0.6 is 0 Å². The molecule has 30 heavy (non-hydrogen) atoms. The van der Waals surface area contributed by atoms with Crippen LogP contribution in [0.5, 0.6) is 5.88 Å². The molecule has 0 aliphatic rings. The number of carbonyl (C=O) groups excluding carboxylic acids is 1. The van der Waals surface area contributed by atoms with Crippen LogP contribution < -0.4 is 16.0 Å². The number of aliphatic hydroxyl groups is 1. The molecule has 160 valence electrons. The molecule has 2 aromatic rings. The lowest BCUT2D eigenvalue weighted by atomic mass is 10.1. The van der Waals surface area contributed by atoms with Crippen molar-refractivity contribution >= 4 is 11.7 Å². The molecule has 1 heterocycles. The second-order valence-corrected chi connectivity index (χ2v) is 7.22. The first-order chi connectivity index (χ1) is 14.1. The Morgan fingerprint density at radius 2 is 2.13 bits per heavy atom. The first kappa shape index (κ1) is 23.0. The molecule has 0 bridgehead atoms. The minimum absolute atomic E-state index is 0.0613. The largest absolute Gasteiger partial charge is 0.471 e. The van der Waals surface area contributed by atoms with Crippen LogP contribution in [-0.2, 0) is 9.57 Å². The summed E-state index contributed by atoms with van der Waals surface area (Å²) in [7, 11) is 1.52. The van der Waals surface area contributed by atoms with Crippen molar-refractivity contribution in [3.63, 3.8) is 0 Å². The number of nitrogens with two attached hydrogens (primary N) is 1. The van der Waals surface area contributed by atoms with Crippen LogP contribution in [0.15, 0.2) is 24.3 Å². The smallest absolute Gasteiger partial charge is 0.284 e. The molecule has 10 heteroatoms. The monoisotopic (exact) mass is 415 g/mol. The van der Waals surface area contributed by atoms with Crippen molar-refractivity contribution in [3.8, 4) is 23.3 Å². The Labute approximate surface area is 174 Å². The van der Waals surface area contributed by atoms with Crippen LogP contribution in [-0.4, -0.2) is 53.0 Å². The highest BCUT2D eigenvalue weighted by molar-refractivity contribution is 6.00. The Hall–Kier alpha value is -3.26. The zero-order valence-electron chi connectivity index (χ0n) is 17.3. The van der Waals surface area contributed by atoms with E-state index in [-0.39, 0.29) is 36.3 Å². The van der Waals surface area contributed by atoms with E-state index in [1.54, 1.807) is 31.2 Å². The van der Waals surface area contributed by atoms with Crippen LogP contribution in [0.3, 0.4) is 0 Å². The minimum Gasteiger partial charge on any atom is -0.471 e. The van der Waals surface area contributed by atoms with Crippen LogP contribution in [0.2, 0.25) is 0 Å². The van der Waals surface area contributed by atoms with E-state index < -0.39 is 17.6 Å². The van der Waals surface area contributed by atoms with E-state index in [0.717, 1.165) is 0 Å². The number of nitrogen functional groups attached to an aromatic ring is 1. The van der Waals surface area contributed by atoms with Gasteiger partial charge in [0.2, 0.25) is 5.88 Å². The van der Waals surface area contributed by atoms with Crippen molar-refractivity contribution < 1.29 is 24.2 Å². The lowest BCUT2D eigenvalue weighted by Crippen LogP contribution is -2.34. The number of carbonyl (C=O) groups is 1. The number of hydrogen-bond acceptors (Lipinski definition) is 9. The van der Waals surface area contributed by atoms with Crippen LogP contribution in [0.4, 0.5) is 5.82 Å². The number of anilines is 1. The van der Waals surface area contributed by atoms with E-state index in [2.05, 4.69) is 15.4 Å². The molecule has 10 nitrogen and oxygen atoms in total. The zero-order valence-corrected chi connectivity index (χ0v) is 17.3. The molecule has 0 saturated heterocycles. The Bertz CT molecular complexity index is 936. The third-order valence-electron chi connectivity index (χ3n) is 3.69. The summed E-state index contributed by atoms with van der Waals surface area (Å²) >= 11 is 0. The molecule has 1 aromatic heterocycles. The van der Waals surface area contributed by atoms with Crippen LogP contribution in [0.25, 0.3) is 11.4 Å². The average Bonchev–Trinajstić information content (AvgIpc) is 2.66. The SMILES string of the molecule is COC[C@H](C)Oc1nc(-c2cccc(C#N)c2)nc(N)c1C(=O)NOCC(C)(C)O. The number of nitrogens with zero attached hydrogens (tertiary/aromatic N) is 3. The highest BCUT2D eigenvalue weighted by Gasteiger charge is 2.24. The molecule has 0 fully saturated rings. The average molecular weight is 415 g/mol. The van der Waals surface area contributed by atoms with Crippen molar-refractivity contribution in [2.45, 2.75) is 32.5 Å². The number of ether oxygens (including phenoxy) is 2. The third kappa shape index (κ3) is 6.38. The van der Waals surface area contributed by atoms with Crippen molar-refractivity contribution in [2.24, 2.45) is 0 Å². The number of hydroxylamine groups is 1. The molecule has 2 rings (SSSR count). The fourth-order valence-electron chi connectivity index (χ4n) is 2.40. The van der Waals surface area contributed by atoms with Gasteiger partial charge < -0.3 is 20.3 Å². The molecular weight excluding hydrogens is 390 g/mol. The van der Waals surface area contributed by atoms with E-state index in [1.807, 2.05) is 6.07 Å². The first-order valence-electron chi connectivity index (χ1n) is 9.12. The van der Waals surface area contributed by atoms with Crippen molar-refractivity contribution in [3.05, 3.63) is 35.4 Å². The maximum Gasteiger partial charge on any atom is 0.284 e. The van der Waals surface area contributed by atoms with Gasteiger partial charge in [-0.1, -0.05) is 12.1 Å². The minimum atomic E-state index is -1.14. The van der Waals surface area contributed by atoms with E-state index in [9.17, 15) is 9.90 Å². The summed E-state index contributed by atoms with van der Waals surface area (Å²) < 4.78 is 10.8. The van der Waals surface area contributed by atoms with Gasteiger partial charge in [0.05, 0.1) is 23.8 Å². The number of aromatic nitrogens is 2. The molecule has 1 atom stereocenters. The maximum atomic E-state index is 12.6. The summed E-state index contributed by atoms with van der Waals surface area (Å²) in [5.41, 5.74) is 7.95. The predicted octanol–water partition coefficient (Wildman–Crippen LogP) is 1.44. The van der Waals surface area contributed by atoms with Gasteiger partial charge in [-0.25, -0.2) is 10.5 Å². The van der Waals surface area contributed by atoms with E-state index >= 15 is 0 Å². The number of amides is 1. The Morgan fingerprint density at radius 1 is 1.40 bits per heavy atom. The lowest BCUT2D eigenvalue weighted by molar-refractivity contribution is -0.0523. The number of benzene rings is 1. The summed E-state index contributed by atoms with van der Waals surface area (Å²) in [5.74, 6) is -0.730. The van der Waals surface area contributed by atoms with E-state index in [0.29, 0.717) is 11.1 Å². The first-order valence-corrected chi connectivity index (χ1v) is 9.12. The molecule has 0 unspecified atom stereocenters. The van der Waals surface area contributed by atoms with Gasteiger partial charge in [-0.2, -0.15) is 10.2 Å². The molecule has 0 spiro atoms. The maximum absolute atomic E-state index is 12.6. The fourth-order valence-corrected chi connectivity index (χ4v) is 2.40. The molecule has 0 aliphatic heterocycles. The molecule has 0 saturated carbocycles. The summed E-state index contributed by atoms with van der Waals surface area (Å²) in [6, 6.07) is 8.69.